The Balaban J connectivity index is 0.000000458. The lowest BCUT2D eigenvalue weighted by Gasteiger charge is -2.33. The monoisotopic (exact) mass is 575 g/mol. The molecule has 1 aliphatic rings. The van der Waals surface area contributed by atoms with E-state index >= 15 is 0 Å². The van der Waals surface area contributed by atoms with Crippen molar-refractivity contribution in [2.24, 2.45) is 11.7 Å². The first-order valence-corrected chi connectivity index (χ1v) is 15.3. The van der Waals surface area contributed by atoms with Gasteiger partial charge in [-0.3, -0.25) is 9.59 Å². The topological polar surface area (TPSA) is 75.4 Å². The summed E-state index contributed by atoms with van der Waals surface area (Å²) in [5.41, 5.74) is 12.6. The Labute approximate surface area is 257 Å². The van der Waals surface area contributed by atoms with E-state index in [-0.39, 0.29) is 17.2 Å². The molecule has 5 nitrogen and oxygen atoms in total. The van der Waals surface area contributed by atoms with Crippen LogP contribution in [-0.4, -0.2) is 24.9 Å². The van der Waals surface area contributed by atoms with Crippen molar-refractivity contribution in [3.63, 3.8) is 0 Å². The maximum Gasteiger partial charge on any atom is 0.256 e. The number of primary amides is 1. The fraction of sp³-hybridized carbons (Fsp3) is 0.316. The van der Waals surface area contributed by atoms with Gasteiger partial charge in [-0.2, -0.15) is 0 Å². The standard InChI is InChI=1S/C30H35N3O2.C8H10/c1-30(2,3)23-10-8-22(9-11-23)26-6-4-5-7-27(26)29(35)32-24-12-14-25(15-13-24)33-18-16-21(17-19-33)20-28(31)34;1-2-8-6-4-3-5-7-8/h4-15,21H,16-20H2,1-3H3,(H2,31,34)(H,32,35);3-7H,2H2,1H3. The fourth-order valence-electron chi connectivity index (χ4n) is 5.43. The largest absolute Gasteiger partial charge is 0.372 e. The summed E-state index contributed by atoms with van der Waals surface area (Å²) in [5.74, 6) is 0.0413. The van der Waals surface area contributed by atoms with Crippen LogP contribution in [0.2, 0.25) is 0 Å². The Morgan fingerprint density at radius 1 is 0.814 bits per heavy atom. The van der Waals surface area contributed by atoms with E-state index in [1.807, 2.05) is 54.6 Å². The molecule has 0 spiro atoms. The first-order valence-electron chi connectivity index (χ1n) is 15.3. The zero-order valence-electron chi connectivity index (χ0n) is 26.0. The van der Waals surface area contributed by atoms with Crippen molar-refractivity contribution < 1.29 is 9.59 Å². The maximum atomic E-state index is 13.2. The second-order valence-electron chi connectivity index (χ2n) is 12.3. The van der Waals surface area contributed by atoms with Gasteiger partial charge in [0.25, 0.3) is 5.91 Å². The third-order valence-electron chi connectivity index (χ3n) is 8.08. The number of nitrogens with two attached hydrogens (primary N) is 1. The van der Waals surface area contributed by atoms with Crippen LogP contribution < -0.4 is 16.0 Å². The van der Waals surface area contributed by atoms with Gasteiger partial charge < -0.3 is 16.0 Å². The fourth-order valence-corrected chi connectivity index (χ4v) is 5.43. The molecule has 0 unspecified atom stereocenters. The summed E-state index contributed by atoms with van der Waals surface area (Å²) < 4.78 is 0. The van der Waals surface area contributed by atoms with Crippen LogP contribution in [0, 0.1) is 5.92 Å². The minimum absolute atomic E-state index is 0.0843. The van der Waals surface area contributed by atoms with Gasteiger partial charge >= 0.3 is 0 Å². The number of hydrogen-bond donors (Lipinski definition) is 2. The molecule has 43 heavy (non-hydrogen) atoms. The van der Waals surface area contributed by atoms with Crippen LogP contribution in [0.25, 0.3) is 11.1 Å². The Hall–Kier alpha value is -4.38. The number of aryl methyl sites for hydroxylation is 1. The van der Waals surface area contributed by atoms with E-state index in [4.69, 9.17) is 5.73 Å². The molecule has 0 saturated carbocycles. The second-order valence-corrected chi connectivity index (χ2v) is 12.3. The highest BCUT2D eigenvalue weighted by atomic mass is 16.2. The zero-order valence-corrected chi connectivity index (χ0v) is 26.0. The number of nitrogens with zero attached hydrogens (tertiary/aromatic N) is 1. The number of amides is 2. The Morgan fingerprint density at radius 2 is 1.42 bits per heavy atom. The highest BCUT2D eigenvalue weighted by Gasteiger charge is 2.21. The molecule has 0 aromatic heterocycles. The van der Waals surface area contributed by atoms with Gasteiger partial charge in [-0.05, 0) is 83.2 Å². The van der Waals surface area contributed by atoms with Gasteiger partial charge in [-0.25, -0.2) is 0 Å². The van der Waals surface area contributed by atoms with Crippen molar-refractivity contribution in [2.45, 2.75) is 58.8 Å². The van der Waals surface area contributed by atoms with E-state index in [1.54, 1.807) is 0 Å². The van der Waals surface area contributed by atoms with Crippen LogP contribution in [0.3, 0.4) is 0 Å². The van der Waals surface area contributed by atoms with E-state index in [2.05, 4.69) is 86.4 Å². The molecule has 1 heterocycles. The summed E-state index contributed by atoms with van der Waals surface area (Å²) in [6, 6.07) is 34.6. The number of hydrogen-bond acceptors (Lipinski definition) is 3. The van der Waals surface area contributed by atoms with Crippen LogP contribution >= 0.6 is 0 Å². The minimum Gasteiger partial charge on any atom is -0.372 e. The molecule has 4 aromatic rings. The molecule has 1 saturated heterocycles. The molecule has 224 valence electrons. The lowest BCUT2D eigenvalue weighted by Crippen LogP contribution is -2.35. The normalized spacial score (nSPS) is 13.5. The molecule has 0 aliphatic carbocycles. The van der Waals surface area contributed by atoms with Gasteiger partial charge in [0, 0.05) is 36.4 Å². The summed E-state index contributed by atoms with van der Waals surface area (Å²) in [7, 11) is 0. The van der Waals surface area contributed by atoms with Gasteiger partial charge in [0.2, 0.25) is 5.91 Å². The Bertz CT molecular complexity index is 1460. The third-order valence-corrected chi connectivity index (χ3v) is 8.08. The average molecular weight is 576 g/mol. The molecule has 3 N–H and O–H groups in total. The van der Waals surface area contributed by atoms with Crippen molar-refractivity contribution in [2.75, 3.05) is 23.3 Å². The highest BCUT2D eigenvalue weighted by molar-refractivity contribution is 6.08. The molecule has 0 atom stereocenters. The first-order chi connectivity index (χ1) is 20.6. The summed E-state index contributed by atoms with van der Waals surface area (Å²) in [5, 5.41) is 3.05. The van der Waals surface area contributed by atoms with Gasteiger partial charge in [-0.1, -0.05) is 100 Å². The predicted octanol–water partition coefficient (Wildman–Crippen LogP) is 8.24. The molecule has 0 bridgehead atoms. The van der Waals surface area contributed by atoms with Gasteiger partial charge in [0.1, 0.15) is 0 Å². The molecular weight excluding hydrogens is 530 g/mol. The number of rotatable bonds is 7. The van der Waals surface area contributed by atoms with Gasteiger partial charge in [-0.15, -0.1) is 0 Å². The molecule has 1 aliphatic heterocycles. The third kappa shape index (κ3) is 9.05. The maximum absolute atomic E-state index is 13.2. The van der Waals surface area contributed by atoms with Crippen LogP contribution in [0.4, 0.5) is 11.4 Å². The number of anilines is 2. The number of nitrogens with one attached hydrogen (secondary N) is 1. The molecule has 2 amide bonds. The van der Waals surface area contributed by atoms with Crippen molar-refractivity contribution in [3.8, 4) is 11.1 Å². The average Bonchev–Trinajstić information content (AvgIpc) is 3.02. The lowest BCUT2D eigenvalue weighted by atomic mass is 9.86. The van der Waals surface area contributed by atoms with Crippen LogP contribution in [0.15, 0.2) is 103 Å². The molecule has 5 rings (SSSR count). The van der Waals surface area contributed by atoms with Crippen LogP contribution in [0.5, 0.6) is 0 Å². The van der Waals surface area contributed by atoms with Crippen molar-refractivity contribution >= 4 is 23.2 Å². The zero-order chi connectivity index (χ0) is 30.8. The Morgan fingerprint density at radius 3 is 1.98 bits per heavy atom. The number of benzene rings is 4. The SMILES string of the molecule is CC(C)(C)c1ccc(-c2ccccc2C(=O)Nc2ccc(N3CCC(CC(N)=O)CC3)cc2)cc1.CCc1ccccc1. The summed E-state index contributed by atoms with van der Waals surface area (Å²) >= 11 is 0. The van der Waals surface area contributed by atoms with Crippen molar-refractivity contribution in [3.05, 3.63) is 120 Å². The van der Waals surface area contributed by atoms with E-state index < -0.39 is 0 Å². The van der Waals surface area contributed by atoms with Gasteiger partial charge in [0.05, 0.1) is 0 Å². The molecule has 0 radical (unpaired) electrons. The predicted molar refractivity (Wildman–Crippen MR) is 180 cm³/mol. The smallest absolute Gasteiger partial charge is 0.256 e. The number of carbonyl (C=O) groups excluding carboxylic acids is 2. The quantitative estimate of drug-likeness (QED) is 0.233. The lowest BCUT2D eigenvalue weighted by molar-refractivity contribution is -0.119. The van der Waals surface area contributed by atoms with Gasteiger partial charge in [0.15, 0.2) is 0 Å². The minimum atomic E-state index is -0.216. The number of carbonyl (C=O) groups is 2. The molecular formula is C38H45N3O2. The summed E-state index contributed by atoms with van der Waals surface area (Å²) in [4.78, 5) is 26.7. The molecule has 5 heteroatoms. The summed E-state index contributed by atoms with van der Waals surface area (Å²) in [6.45, 7) is 10.6. The van der Waals surface area contributed by atoms with E-state index in [1.165, 1.54) is 11.1 Å². The second kappa shape index (κ2) is 14.7. The van der Waals surface area contributed by atoms with E-state index in [9.17, 15) is 9.59 Å². The molecule has 4 aromatic carbocycles. The first kappa shape index (κ1) is 31.6. The van der Waals surface area contributed by atoms with E-state index in [0.717, 1.165) is 54.9 Å². The highest BCUT2D eigenvalue weighted by Crippen LogP contribution is 2.29. The molecule has 1 fully saturated rings. The van der Waals surface area contributed by atoms with Crippen molar-refractivity contribution in [1.29, 1.82) is 0 Å². The van der Waals surface area contributed by atoms with Crippen LogP contribution in [-0.2, 0) is 16.6 Å². The van der Waals surface area contributed by atoms with Crippen LogP contribution in [0.1, 0.15) is 68.4 Å². The summed E-state index contributed by atoms with van der Waals surface area (Å²) in [6.07, 6.45) is 3.55. The van der Waals surface area contributed by atoms with E-state index in [0.29, 0.717) is 17.9 Å². The number of piperidine rings is 1. The van der Waals surface area contributed by atoms with Crippen molar-refractivity contribution in [1.82, 2.24) is 0 Å². The Kier molecular flexibility index (Phi) is 10.8.